The molecule has 1 heterocycles. The van der Waals surface area contributed by atoms with Crippen molar-refractivity contribution in [3.05, 3.63) is 125 Å². The monoisotopic (exact) mass is 637 g/mol. The minimum absolute atomic E-state index is 0.110. The molecule has 0 radical (unpaired) electrons. The topological polar surface area (TPSA) is 83.5 Å². The predicted molar refractivity (Wildman–Crippen MR) is 180 cm³/mol. The fraction of sp³-hybridized carbons (Fsp3) is 0.333. The van der Waals surface area contributed by atoms with Crippen molar-refractivity contribution < 1.29 is 33.3 Å². The van der Waals surface area contributed by atoms with Crippen LogP contribution in [-0.4, -0.2) is 50.8 Å². The highest BCUT2D eigenvalue weighted by Crippen LogP contribution is 2.37. The highest BCUT2D eigenvalue weighted by molar-refractivity contribution is 5.90. The largest absolute Gasteiger partial charge is 0.493 e. The summed E-state index contributed by atoms with van der Waals surface area (Å²) in [6.45, 7) is 3.12. The van der Waals surface area contributed by atoms with Crippen molar-refractivity contribution in [3.8, 4) is 17.2 Å². The molecule has 246 valence electrons. The molecule has 0 spiro atoms. The third-order valence-corrected chi connectivity index (χ3v) is 8.39. The molecule has 4 aromatic rings. The molecule has 0 N–H and O–H groups in total. The molecule has 4 aromatic carbocycles. The molecule has 0 aromatic heterocycles. The van der Waals surface area contributed by atoms with Gasteiger partial charge in [0.15, 0.2) is 0 Å². The van der Waals surface area contributed by atoms with Crippen LogP contribution >= 0.6 is 0 Å². The Morgan fingerprint density at radius 1 is 0.787 bits per heavy atom. The molecule has 0 saturated carbocycles. The van der Waals surface area contributed by atoms with E-state index >= 15 is 0 Å². The summed E-state index contributed by atoms with van der Waals surface area (Å²) in [6, 6.07) is 32.0. The number of ether oxygens (including phenoxy) is 5. The number of carbonyl (C=O) groups excluding carboxylic acids is 2. The first kappa shape index (κ1) is 33.5. The Balaban J connectivity index is 1.23. The number of hydrogen-bond donors (Lipinski definition) is 0. The molecule has 47 heavy (non-hydrogen) atoms. The van der Waals surface area contributed by atoms with Gasteiger partial charge in [0.05, 0.1) is 26.4 Å². The maximum absolute atomic E-state index is 12.2. The van der Waals surface area contributed by atoms with Gasteiger partial charge in [-0.05, 0) is 72.8 Å². The Kier molecular flexibility index (Phi) is 12.3. The predicted octanol–water partition coefficient (Wildman–Crippen LogP) is 7.34. The summed E-state index contributed by atoms with van der Waals surface area (Å²) in [5.74, 6) is 1.81. The molecule has 0 bridgehead atoms. The second kappa shape index (κ2) is 17.2. The van der Waals surface area contributed by atoms with E-state index in [1.165, 1.54) is 14.2 Å². The van der Waals surface area contributed by atoms with Crippen LogP contribution in [0.4, 0.5) is 0 Å². The maximum atomic E-state index is 12.2. The van der Waals surface area contributed by atoms with E-state index in [4.69, 9.17) is 23.7 Å². The van der Waals surface area contributed by atoms with Crippen molar-refractivity contribution in [2.75, 3.05) is 33.9 Å². The van der Waals surface area contributed by atoms with Gasteiger partial charge >= 0.3 is 11.9 Å². The highest BCUT2D eigenvalue weighted by atomic mass is 16.5. The van der Waals surface area contributed by atoms with Crippen molar-refractivity contribution >= 4 is 11.9 Å². The average molecular weight is 638 g/mol. The van der Waals surface area contributed by atoms with Gasteiger partial charge in [0, 0.05) is 31.0 Å². The Morgan fingerprint density at radius 3 is 2.32 bits per heavy atom. The Bertz CT molecular complexity index is 1590. The number of rotatable bonds is 16. The first-order chi connectivity index (χ1) is 23.0. The third kappa shape index (κ3) is 9.59. The maximum Gasteiger partial charge on any atom is 0.337 e. The first-order valence-electron chi connectivity index (χ1n) is 16.2. The van der Waals surface area contributed by atoms with Crippen LogP contribution in [0.5, 0.6) is 17.2 Å². The number of fused-ring (bicyclic) bond motifs is 1. The van der Waals surface area contributed by atoms with Gasteiger partial charge < -0.3 is 23.7 Å². The van der Waals surface area contributed by atoms with Crippen LogP contribution in [0.2, 0.25) is 0 Å². The lowest BCUT2D eigenvalue weighted by molar-refractivity contribution is -0.140. The molecule has 8 nitrogen and oxygen atoms in total. The summed E-state index contributed by atoms with van der Waals surface area (Å²) in [6.07, 6.45) is 3.60. The fourth-order valence-electron chi connectivity index (χ4n) is 5.80. The lowest BCUT2D eigenvalue weighted by Gasteiger charge is -2.36. The lowest BCUT2D eigenvalue weighted by atomic mass is 9.96. The van der Waals surface area contributed by atoms with E-state index in [1.54, 1.807) is 12.1 Å². The van der Waals surface area contributed by atoms with E-state index in [9.17, 15) is 9.59 Å². The normalized spacial score (nSPS) is 13.7. The SMILES string of the molecule is COC(=O)CCCCN(CCc1ccccc1OCc1ccc(OCc2ccccc2)cc1)C1CCOc2cc(C(=O)OC)ccc21. The minimum Gasteiger partial charge on any atom is -0.493 e. The molecule has 0 amide bonds. The second-order valence-corrected chi connectivity index (χ2v) is 11.5. The van der Waals surface area contributed by atoms with E-state index in [0.29, 0.717) is 37.6 Å². The van der Waals surface area contributed by atoms with Gasteiger partial charge in [0.25, 0.3) is 0 Å². The highest BCUT2D eigenvalue weighted by Gasteiger charge is 2.28. The third-order valence-electron chi connectivity index (χ3n) is 8.39. The van der Waals surface area contributed by atoms with Crippen molar-refractivity contribution in [2.45, 2.75) is 51.4 Å². The van der Waals surface area contributed by atoms with Crippen molar-refractivity contribution in [1.29, 1.82) is 0 Å². The van der Waals surface area contributed by atoms with Crippen LogP contribution < -0.4 is 14.2 Å². The molecule has 8 heteroatoms. The van der Waals surface area contributed by atoms with Crippen molar-refractivity contribution in [1.82, 2.24) is 4.90 Å². The van der Waals surface area contributed by atoms with E-state index in [1.807, 2.05) is 66.7 Å². The molecule has 1 aliphatic rings. The van der Waals surface area contributed by atoms with Crippen molar-refractivity contribution in [3.63, 3.8) is 0 Å². The van der Waals surface area contributed by atoms with Gasteiger partial charge in [-0.15, -0.1) is 0 Å². The Morgan fingerprint density at radius 2 is 1.53 bits per heavy atom. The molecule has 0 fully saturated rings. The Hall–Kier alpha value is -4.82. The van der Waals surface area contributed by atoms with Crippen LogP contribution in [-0.2, 0) is 33.9 Å². The number of para-hydroxylation sites is 1. The van der Waals surface area contributed by atoms with E-state index in [2.05, 4.69) is 23.1 Å². The zero-order valence-electron chi connectivity index (χ0n) is 27.2. The van der Waals surface area contributed by atoms with Crippen molar-refractivity contribution in [2.24, 2.45) is 0 Å². The average Bonchev–Trinajstić information content (AvgIpc) is 3.13. The molecule has 5 rings (SSSR count). The van der Waals surface area contributed by atoms with Gasteiger partial charge in [-0.3, -0.25) is 9.69 Å². The van der Waals surface area contributed by atoms with Gasteiger partial charge in [-0.25, -0.2) is 4.79 Å². The number of benzene rings is 4. The Labute approximate surface area is 277 Å². The van der Waals surface area contributed by atoms with Gasteiger partial charge in [0.1, 0.15) is 30.5 Å². The van der Waals surface area contributed by atoms with Gasteiger partial charge in [0.2, 0.25) is 0 Å². The summed E-state index contributed by atoms with van der Waals surface area (Å²) >= 11 is 0. The smallest absolute Gasteiger partial charge is 0.337 e. The standard InChI is InChI=1S/C39H43NO7/c1-43-38(41)14-8-9-23-40(35-22-25-45-37-26-32(39(42)44-2)17-20-34(35)37)24-21-31-12-6-7-13-36(31)47-28-30-15-18-33(19-16-30)46-27-29-10-4-3-5-11-29/h3-7,10-13,15-20,26,35H,8-9,14,21-25,27-28H2,1-2H3. The van der Waals surface area contributed by atoms with Crippen LogP contribution in [0.1, 0.15) is 64.3 Å². The number of carbonyl (C=O) groups is 2. The van der Waals surface area contributed by atoms with E-state index in [0.717, 1.165) is 72.5 Å². The first-order valence-corrected chi connectivity index (χ1v) is 16.2. The summed E-state index contributed by atoms with van der Waals surface area (Å²) < 4.78 is 28.0. The molecule has 0 saturated heterocycles. The molecule has 1 atom stereocenters. The number of methoxy groups -OCH3 is 2. The van der Waals surface area contributed by atoms with E-state index < -0.39 is 0 Å². The summed E-state index contributed by atoms with van der Waals surface area (Å²) in [4.78, 5) is 26.3. The number of unbranched alkanes of at least 4 members (excludes halogenated alkanes) is 1. The second-order valence-electron chi connectivity index (χ2n) is 11.5. The zero-order valence-corrected chi connectivity index (χ0v) is 27.2. The van der Waals surface area contributed by atoms with E-state index in [-0.39, 0.29) is 18.0 Å². The molecular weight excluding hydrogens is 594 g/mol. The molecule has 1 unspecified atom stereocenters. The number of hydrogen-bond acceptors (Lipinski definition) is 8. The zero-order chi connectivity index (χ0) is 32.8. The molecule has 1 aliphatic heterocycles. The number of esters is 2. The molecule has 0 aliphatic carbocycles. The summed E-state index contributed by atoms with van der Waals surface area (Å²) in [5.41, 5.74) is 4.84. The summed E-state index contributed by atoms with van der Waals surface area (Å²) in [7, 11) is 2.80. The number of nitrogens with zero attached hydrogens (tertiary/aromatic N) is 1. The van der Waals surface area contributed by atoms with Gasteiger partial charge in [-0.2, -0.15) is 0 Å². The quantitative estimate of drug-likeness (QED) is 0.0932. The molecular formula is C39H43NO7. The lowest BCUT2D eigenvalue weighted by Crippen LogP contribution is -2.35. The van der Waals surface area contributed by atoms with Crippen LogP contribution in [0.3, 0.4) is 0 Å². The van der Waals surface area contributed by atoms with Crippen LogP contribution in [0, 0.1) is 0 Å². The van der Waals surface area contributed by atoms with Gasteiger partial charge in [-0.1, -0.05) is 66.7 Å². The minimum atomic E-state index is -0.387. The fourth-order valence-corrected chi connectivity index (χ4v) is 5.80. The van der Waals surface area contributed by atoms with Crippen LogP contribution in [0.15, 0.2) is 97.1 Å². The summed E-state index contributed by atoms with van der Waals surface area (Å²) in [5, 5.41) is 0. The van der Waals surface area contributed by atoms with Crippen LogP contribution in [0.25, 0.3) is 0 Å².